The number of amides is 1. The molecule has 5 nitrogen and oxygen atoms in total. The average Bonchev–Trinajstić information content (AvgIpc) is 2.83. The lowest BCUT2D eigenvalue weighted by Crippen LogP contribution is -2.57. The van der Waals surface area contributed by atoms with Gasteiger partial charge in [-0.05, 0) is 61.1 Å². The van der Waals surface area contributed by atoms with Crippen molar-refractivity contribution in [1.29, 1.82) is 0 Å². The number of rotatable bonds is 5. The van der Waals surface area contributed by atoms with Crippen molar-refractivity contribution >= 4 is 16.8 Å². The number of carbonyl (C=O) groups is 1. The highest BCUT2D eigenvalue weighted by molar-refractivity contribution is 5.93. The Bertz CT molecular complexity index is 1060. The number of piperidine rings is 3. The Morgan fingerprint density at radius 2 is 2.00 bits per heavy atom. The van der Waals surface area contributed by atoms with Crippen LogP contribution in [-0.2, 0) is 0 Å². The minimum atomic E-state index is -0.135. The van der Waals surface area contributed by atoms with Crippen LogP contribution in [0.3, 0.4) is 0 Å². The van der Waals surface area contributed by atoms with E-state index in [2.05, 4.69) is 45.0 Å². The molecule has 2 bridgehead atoms. The van der Waals surface area contributed by atoms with Crippen LogP contribution in [0, 0.1) is 11.8 Å². The van der Waals surface area contributed by atoms with Crippen molar-refractivity contribution in [3.05, 3.63) is 84.8 Å². The Kier molecular flexibility index (Phi) is 5.05. The molecule has 1 aromatic carbocycles. The van der Waals surface area contributed by atoms with Gasteiger partial charge in [0, 0.05) is 30.4 Å². The molecule has 3 aliphatic heterocycles. The van der Waals surface area contributed by atoms with Crippen LogP contribution in [0.15, 0.2) is 73.6 Å². The zero-order valence-electron chi connectivity index (χ0n) is 16.9. The summed E-state index contributed by atoms with van der Waals surface area (Å²) >= 11 is 0. The van der Waals surface area contributed by atoms with Gasteiger partial charge in [-0.25, -0.2) is 0 Å². The monoisotopic (exact) mass is 398 g/mol. The Hall–Kier alpha value is -3.05. The number of hydrogen-bond donors (Lipinski definition) is 1. The molecule has 2 aromatic heterocycles. The van der Waals surface area contributed by atoms with Crippen LogP contribution in [0.1, 0.15) is 34.9 Å². The highest BCUT2D eigenvalue weighted by atomic mass is 16.2. The number of pyridine rings is 2. The molecule has 3 aliphatic rings. The molecule has 0 radical (unpaired) electrons. The molecule has 3 fully saturated rings. The fourth-order valence-corrected chi connectivity index (χ4v) is 5.21. The van der Waals surface area contributed by atoms with Gasteiger partial charge in [0.25, 0.3) is 5.91 Å². The molecule has 1 amide bonds. The van der Waals surface area contributed by atoms with Gasteiger partial charge in [-0.3, -0.25) is 19.7 Å². The molecular weight excluding hydrogens is 372 g/mol. The molecule has 4 unspecified atom stereocenters. The van der Waals surface area contributed by atoms with Crippen LogP contribution < -0.4 is 5.32 Å². The first-order chi connectivity index (χ1) is 14.7. The second-order valence-corrected chi connectivity index (χ2v) is 8.33. The van der Waals surface area contributed by atoms with E-state index in [0.717, 1.165) is 36.0 Å². The van der Waals surface area contributed by atoms with Crippen molar-refractivity contribution in [2.45, 2.75) is 24.9 Å². The van der Waals surface area contributed by atoms with E-state index in [1.165, 1.54) is 6.42 Å². The fourth-order valence-electron chi connectivity index (χ4n) is 5.21. The fraction of sp³-hybridized carbons (Fsp3) is 0.320. The molecule has 0 spiro atoms. The maximum absolute atomic E-state index is 13.1. The molecule has 30 heavy (non-hydrogen) atoms. The smallest absolute Gasteiger partial charge is 0.270 e. The molecule has 6 rings (SSSR count). The number of nitrogens with zero attached hydrogens (tertiary/aromatic N) is 3. The lowest BCUT2D eigenvalue weighted by atomic mass is 9.73. The number of benzene rings is 1. The second kappa shape index (κ2) is 8.00. The summed E-state index contributed by atoms with van der Waals surface area (Å²) in [6.07, 6.45) is 7.87. The van der Waals surface area contributed by atoms with Gasteiger partial charge in [0.2, 0.25) is 0 Å². The van der Waals surface area contributed by atoms with E-state index in [4.69, 9.17) is 0 Å². The molecule has 1 N–H and O–H groups in total. The molecule has 0 aliphatic carbocycles. The van der Waals surface area contributed by atoms with Crippen molar-refractivity contribution in [2.24, 2.45) is 11.8 Å². The minimum absolute atomic E-state index is 0.124. The van der Waals surface area contributed by atoms with Crippen molar-refractivity contribution in [3.8, 4) is 0 Å². The molecule has 152 valence electrons. The molecule has 3 aromatic rings. The van der Waals surface area contributed by atoms with E-state index in [1.807, 2.05) is 36.5 Å². The van der Waals surface area contributed by atoms with Crippen molar-refractivity contribution in [1.82, 2.24) is 20.2 Å². The lowest BCUT2D eigenvalue weighted by Gasteiger charge is -2.51. The predicted molar refractivity (Wildman–Crippen MR) is 118 cm³/mol. The van der Waals surface area contributed by atoms with Gasteiger partial charge in [-0.1, -0.05) is 30.3 Å². The van der Waals surface area contributed by atoms with Gasteiger partial charge in [-0.2, -0.15) is 0 Å². The third-order valence-electron chi connectivity index (χ3n) is 6.74. The van der Waals surface area contributed by atoms with Crippen LogP contribution in [0.5, 0.6) is 0 Å². The first-order valence-electron chi connectivity index (χ1n) is 10.7. The minimum Gasteiger partial charge on any atom is -0.342 e. The maximum atomic E-state index is 13.1. The SMILES string of the molecule is C=CC1CN2CCC1CC2[C@@H](NC(=O)c1ccccn1)c1ccnc2ccccc12. The Morgan fingerprint density at radius 1 is 1.13 bits per heavy atom. The Morgan fingerprint density at radius 3 is 2.77 bits per heavy atom. The van der Waals surface area contributed by atoms with Crippen LogP contribution in [-0.4, -0.2) is 39.9 Å². The average molecular weight is 399 g/mol. The topological polar surface area (TPSA) is 58.1 Å². The van der Waals surface area contributed by atoms with Gasteiger partial charge in [0.15, 0.2) is 0 Å². The Labute approximate surface area is 176 Å². The summed E-state index contributed by atoms with van der Waals surface area (Å²) in [6, 6.07) is 15.8. The van der Waals surface area contributed by atoms with E-state index >= 15 is 0 Å². The van der Waals surface area contributed by atoms with E-state index in [0.29, 0.717) is 17.5 Å². The number of carbonyl (C=O) groups excluding carboxylic acids is 1. The molecule has 3 saturated heterocycles. The van der Waals surface area contributed by atoms with Crippen LogP contribution >= 0.6 is 0 Å². The molecular formula is C25H26N4O. The lowest BCUT2D eigenvalue weighted by molar-refractivity contribution is 0.00167. The highest BCUT2D eigenvalue weighted by Gasteiger charge is 2.43. The standard InChI is InChI=1S/C25H26N4O/c1-2-17-16-29-14-11-18(17)15-23(29)24(28-25(30)22-9-5-6-12-26-22)20-10-13-27-21-8-4-3-7-19(20)21/h2-10,12-13,17-18,23-24H,1,11,14-16H2,(H,28,30)/t17?,18?,23?,24-/m0/s1. The number of aromatic nitrogens is 2. The van der Waals surface area contributed by atoms with Gasteiger partial charge >= 0.3 is 0 Å². The summed E-state index contributed by atoms with van der Waals surface area (Å²) in [7, 11) is 0. The number of hydrogen-bond acceptors (Lipinski definition) is 4. The molecule has 0 saturated carbocycles. The highest BCUT2D eigenvalue weighted by Crippen LogP contribution is 2.42. The van der Waals surface area contributed by atoms with E-state index in [-0.39, 0.29) is 18.0 Å². The van der Waals surface area contributed by atoms with Crippen LogP contribution in [0.2, 0.25) is 0 Å². The molecule has 5 atom stereocenters. The summed E-state index contributed by atoms with van der Waals surface area (Å²) < 4.78 is 0. The summed E-state index contributed by atoms with van der Waals surface area (Å²) in [5.74, 6) is 1.03. The molecule has 5 heterocycles. The van der Waals surface area contributed by atoms with Gasteiger partial charge < -0.3 is 5.32 Å². The number of nitrogens with one attached hydrogen (secondary N) is 1. The van der Waals surface area contributed by atoms with E-state index < -0.39 is 0 Å². The largest absolute Gasteiger partial charge is 0.342 e. The quantitative estimate of drug-likeness (QED) is 0.660. The summed E-state index contributed by atoms with van der Waals surface area (Å²) in [5, 5.41) is 4.42. The molecule has 5 heteroatoms. The van der Waals surface area contributed by atoms with E-state index in [9.17, 15) is 4.79 Å². The summed E-state index contributed by atoms with van der Waals surface area (Å²) in [4.78, 5) is 24.4. The third-order valence-corrected chi connectivity index (χ3v) is 6.74. The van der Waals surface area contributed by atoms with Crippen LogP contribution in [0.25, 0.3) is 10.9 Å². The maximum Gasteiger partial charge on any atom is 0.270 e. The Balaban J connectivity index is 1.54. The zero-order chi connectivity index (χ0) is 20.5. The van der Waals surface area contributed by atoms with Gasteiger partial charge in [0.1, 0.15) is 5.69 Å². The van der Waals surface area contributed by atoms with Gasteiger partial charge in [-0.15, -0.1) is 6.58 Å². The number of fused-ring (bicyclic) bond motifs is 4. The van der Waals surface area contributed by atoms with E-state index in [1.54, 1.807) is 12.3 Å². The van der Waals surface area contributed by atoms with Gasteiger partial charge in [0.05, 0.1) is 11.6 Å². The summed E-state index contributed by atoms with van der Waals surface area (Å²) in [5.41, 5.74) is 2.52. The first kappa shape index (κ1) is 18.9. The number of para-hydroxylation sites is 1. The van der Waals surface area contributed by atoms with Crippen LogP contribution in [0.4, 0.5) is 0 Å². The normalized spacial score (nSPS) is 26.3. The first-order valence-corrected chi connectivity index (χ1v) is 10.7. The predicted octanol–water partition coefficient (Wildman–Crippen LogP) is 4.00. The summed E-state index contributed by atoms with van der Waals surface area (Å²) in [6.45, 7) is 6.13. The third kappa shape index (κ3) is 3.39. The van der Waals surface area contributed by atoms with Crippen molar-refractivity contribution < 1.29 is 4.79 Å². The van der Waals surface area contributed by atoms with Crippen molar-refractivity contribution in [2.75, 3.05) is 13.1 Å². The second-order valence-electron chi connectivity index (χ2n) is 8.33. The zero-order valence-corrected chi connectivity index (χ0v) is 16.9. The van der Waals surface area contributed by atoms with Crippen molar-refractivity contribution in [3.63, 3.8) is 0 Å².